The molecule has 1 aliphatic carbocycles. The molecule has 0 aromatic heterocycles. The highest BCUT2D eigenvalue weighted by Crippen LogP contribution is 2.58. The predicted octanol–water partition coefficient (Wildman–Crippen LogP) is 4.72. The van der Waals surface area contributed by atoms with Gasteiger partial charge in [0.2, 0.25) is 0 Å². The first-order chi connectivity index (χ1) is 12.2. The fraction of sp³-hybridized carbons (Fsp3) is 0.850. The first-order valence-electron chi connectivity index (χ1n) is 10.0. The van der Waals surface area contributed by atoms with E-state index < -0.39 is 0 Å². The molecule has 2 saturated heterocycles. The molecule has 3 atom stereocenters. The Morgan fingerprint density at radius 3 is 2.84 bits per heavy atom. The smallest absolute Gasteiger partial charge is 0.323 e. The third kappa shape index (κ3) is 4.24. The molecule has 0 unspecified atom stereocenters. The van der Waals surface area contributed by atoms with Gasteiger partial charge < -0.3 is 4.74 Å². The molecule has 0 aromatic carbocycles. The first kappa shape index (κ1) is 19.6. The molecule has 3 nitrogen and oxygen atoms in total. The van der Waals surface area contributed by atoms with Crippen LogP contribution in [0.4, 0.5) is 0 Å². The topological polar surface area (TPSA) is 29.5 Å². The number of fused-ring (bicyclic) bond motifs is 2. The molecule has 0 N–H and O–H groups in total. The van der Waals surface area contributed by atoms with Crippen LogP contribution in [0.2, 0.25) is 0 Å². The Bertz CT molecular complexity index is 459. The van der Waals surface area contributed by atoms with E-state index >= 15 is 0 Å². The zero-order valence-electron chi connectivity index (χ0n) is 15.6. The normalized spacial score (nSPS) is 31.6. The fourth-order valence-corrected chi connectivity index (χ4v) is 8.77. The molecule has 142 valence electrons. The van der Waals surface area contributed by atoms with Crippen LogP contribution in [0.15, 0.2) is 12.7 Å². The Labute approximate surface area is 161 Å². The summed E-state index contributed by atoms with van der Waals surface area (Å²) in [5, 5.41) is 0. The lowest BCUT2D eigenvalue weighted by Gasteiger charge is -2.50. The summed E-state index contributed by atoms with van der Waals surface area (Å²) in [6.45, 7) is 7.28. The Balaban J connectivity index is 1.79. The first-order valence-corrected chi connectivity index (χ1v) is 12.0. The average molecular weight is 384 g/mol. The molecule has 1 saturated carbocycles. The monoisotopic (exact) mass is 383 g/mol. The average Bonchev–Trinajstić information content (AvgIpc) is 3.00. The van der Waals surface area contributed by atoms with Crippen LogP contribution < -0.4 is 0 Å². The molecular formula is C20H33NO2S2. The minimum atomic E-state index is -0.0169. The van der Waals surface area contributed by atoms with Gasteiger partial charge in [0.1, 0.15) is 6.04 Å². The van der Waals surface area contributed by atoms with Crippen LogP contribution in [0.1, 0.15) is 58.3 Å². The fourth-order valence-electron chi connectivity index (χ4n) is 4.92. The van der Waals surface area contributed by atoms with Crippen LogP contribution in [0.25, 0.3) is 0 Å². The van der Waals surface area contributed by atoms with Gasteiger partial charge in [-0.25, -0.2) is 0 Å². The van der Waals surface area contributed by atoms with Crippen molar-refractivity contribution in [3.8, 4) is 0 Å². The van der Waals surface area contributed by atoms with Crippen molar-refractivity contribution in [2.45, 2.75) is 74.5 Å². The molecule has 3 fully saturated rings. The van der Waals surface area contributed by atoms with Crippen LogP contribution in [0.5, 0.6) is 0 Å². The summed E-state index contributed by atoms with van der Waals surface area (Å²) in [7, 11) is 0. The Hall–Kier alpha value is -0.130. The van der Waals surface area contributed by atoms with Crippen molar-refractivity contribution < 1.29 is 9.53 Å². The minimum absolute atomic E-state index is 0.0154. The molecule has 2 heterocycles. The van der Waals surface area contributed by atoms with E-state index in [9.17, 15) is 4.79 Å². The highest BCUT2D eigenvalue weighted by atomic mass is 32.2. The van der Waals surface area contributed by atoms with E-state index in [1.807, 2.05) is 13.0 Å². The summed E-state index contributed by atoms with van der Waals surface area (Å²) in [6, 6.07) is 0.534. The molecule has 3 aliphatic rings. The van der Waals surface area contributed by atoms with Gasteiger partial charge in [-0.15, -0.1) is 30.1 Å². The number of nitrogens with zero attached hydrogens (tertiary/aromatic N) is 1. The Kier molecular flexibility index (Phi) is 7.21. The van der Waals surface area contributed by atoms with E-state index in [-0.39, 0.29) is 12.0 Å². The van der Waals surface area contributed by atoms with E-state index in [2.05, 4.69) is 35.0 Å². The van der Waals surface area contributed by atoms with Gasteiger partial charge in [0.15, 0.2) is 0 Å². The van der Waals surface area contributed by atoms with Crippen molar-refractivity contribution in [1.29, 1.82) is 0 Å². The lowest BCUT2D eigenvalue weighted by atomic mass is 9.83. The van der Waals surface area contributed by atoms with Crippen LogP contribution in [0, 0.1) is 5.92 Å². The van der Waals surface area contributed by atoms with E-state index in [4.69, 9.17) is 4.74 Å². The second-order valence-electron chi connectivity index (χ2n) is 7.49. The molecule has 0 amide bonds. The molecule has 1 spiro atoms. The molecular weight excluding hydrogens is 350 g/mol. The van der Waals surface area contributed by atoms with Gasteiger partial charge in [0, 0.05) is 6.04 Å². The highest BCUT2D eigenvalue weighted by molar-refractivity contribution is 8.18. The van der Waals surface area contributed by atoms with Crippen molar-refractivity contribution in [3.63, 3.8) is 0 Å². The standard InChI is InChI=1S/C20H33NO2S2/c1-3-5-6-7-12-21-17(19(22)23-4-2)15-16-10-8-11-20(18(16)21)24-13-9-14-25-20/h3,16-18H,1,4-15H2,2H3/t16-,17-,18-/m1/s1. The van der Waals surface area contributed by atoms with E-state index in [0.717, 1.165) is 25.8 Å². The highest BCUT2D eigenvalue weighted by Gasteiger charge is 2.56. The summed E-state index contributed by atoms with van der Waals surface area (Å²) in [5.74, 6) is 3.25. The van der Waals surface area contributed by atoms with Crippen LogP contribution in [-0.4, -0.2) is 51.7 Å². The lowest BCUT2D eigenvalue weighted by molar-refractivity contribution is -0.149. The largest absolute Gasteiger partial charge is 0.465 e. The molecule has 5 heteroatoms. The molecule has 0 bridgehead atoms. The van der Waals surface area contributed by atoms with Crippen molar-refractivity contribution in [2.24, 2.45) is 5.92 Å². The second-order valence-corrected chi connectivity index (χ2v) is 10.6. The molecule has 0 radical (unpaired) electrons. The summed E-state index contributed by atoms with van der Waals surface area (Å²) in [5.41, 5.74) is 0. The third-order valence-electron chi connectivity index (χ3n) is 5.90. The quantitative estimate of drug-likeness (QED) is 0.361. The van der Waals surface area contributed by atoms with Gasteiger partial charge in [0.05, 0.1) is 10.7 Å². The number of hydrogen-bond donors (Lipinski definition) is 0. The molecule has 25 heavy (non-hydrogen) atoms. The summed E-state index contributed by atoms with van der Waals surface area (Å²) >= 11 is 4.38. The van der Waals surface area contributed by atoms with Crippen LogP contribution in [0.3, 0.4) is 0 Å². The third-order valence-corrected chi connectivity index (χ3v) is 9.46. The number of carbonyl (C=O) groups excluding carboxylic acids is 1. The van der Waals surface area contributed by atoms with Crippen molar-refractivity contribution in [1.82, 2.24) is 4.90 Å². The maximum atomic E-state index is 12.7. The summed E-state index contributed by atoms with van der Waals surface area (Å²) in [4.78, 5) is 15.2. The van der Waals surface area contributed by atoms with E-state index in [0.29, 0.717) is 22.6 Å². The number of unbranched alkanes of at least 4 members (excludes halogenated alkanes) is 2. The Morgan fingerprint density at radius 2 is 2.12 bits per heavy atom. The number of carbonyl (C=O) groups is 1. The van der Waals surface area contributed by atoms with Crippen molar-refractivity contribution in [2.75, 3.05) is 24.7 Å². The number of ether oxygens (including phenoxy) is 1. The molecule has 3 rings (SSSR count). The van der Waals surface area contributed by atoms with Gasteiger partial charge >= 0.3 is 5.97 Å². The maximum absolute atomic E-state index is 12.7. The van der Waals surface area contributed by atoms with E-state index in [1.165, 1.54) is 43.6 Å². The number of rotatable bonds is 7. The number of esters is 1. The Morgan fingerprint density at radius 1 is 1.32 bits per heavy atom. The van der Waals surface area contributed by atoms with Gasteiger partial charge in [-0.2, -0.15) is 0 Å². The van der Waals surface area contributed by atoms with Crippen molar-refractivity contribution >= 4 is 29.5 Å². The number of allylic oxidation sites excluding steroid dienone is 1. The van der Waals surface area contributed by atoms with Crippen molar-refractivity contribution in [3.05, 3.63) is 12.7 Å². The number of thioether (sulfide) groups is 2. The van der Waals surface area contributed by atoms with Crippen LogP contribution in [-0.2, 0) is 9.53 Å². The predicted molar refractivity (Wildman–Crippen MR) is 109 cm³/mol. The zero-order valence-corrected chi connectivity index (χ0v) is 17.2. The summed E-state index contributed by atoms with van der Waals surface area (Å²) in [6.07, 6.45) is 11.6. The van der Waals surface area contributed by atoms with Gasteiger partial charge in [0.25, 0.3) is 0 Å². The maximum Gasteiger partial charge on any atom is 0.323 e. The van der Waals surface area contributed by atoms with E-state index in [1.54, 1.807) is 0 Å². The van der Waals surface area contributed by atoms with Gasteiger partial charge in [-0.1, -0.05) is 12.5 Å². The second kappa shape index (κ2) is 9.18. The SMILES string of the molecule is C=CCCCCN1[C@@H](C(=O)OCC)C[C@H]2CCCC3(SCCCS3)[C@@H]21. The number of hydrogen-bond acceptors (Lipinski definition) is 5. The lowest BCUT2D eigenvalue weighted by Crippen LogP contribution is -2.54. The minimum Gasteiger partial charge on any atom is -0.465 e. The number of likely N-dealkylation sites (tertiary alicyclic amines) is 1. The van der Waals surface area contributed by atoms with Crippen LogP contribution >= 0.6 is 23.5 Å². The summed E-state index contributed by atoms with van der Waals surface area (Å²) < 4.78 is 5.78. The van der Waals surface area contributed by atoms with Gasteiger partial charge in [-0.3, -0.25) is 9.69 Å². The van der Waals surface area contributed by atoms with Gasteiger partial charge in [-0.05, 0) is 75.8 Å². The molecule has 2 aliphatic heterocycles. The molecule has 0 aromatic rings. The zero-order chi connectivity index (χ0) is 17.7.